The molecule has 1 amide bonds. The van der Waals surface area contributed by atoms with Crippen molar-refractivity contribution in [3.05, 3.63) is 33.8 Å². The van der Waals surface area contributed by atoms with Gasteiger partial charge >= 0.3 is 6.09 Å². The second kappa shape index (κ2) is 7.55. The van der Waals surface area contributed by atoms with Crippen LogP contribution in [0.2, 0.25) is 10.0 Å². The Balaban J connectivity index is 1.82. The molecule has 2 saturated heterocycles. The van der Waals surface area contributed by atoms with E-state index >= 15 is 0 Å². The molecule has 0 aliphatic carbocycles. The molecule has 144 valence electrons. The first-order chi connectivity index (χ1) is 12.2. The molecule has 0 N–H and O–H groups in total. The summed E-state index contributed by atoms with van der Waals surface area (Å²) >= 11 is 12.5. The molecule has 3 rings (SSSR count). The van der Waals surface area contributed by atoms with Gasteiger partial charge < -0.3 is 19.1 Å². The minimum atomic E-state index is -0.961. The first-order valence-electron chi connectivity index (χ1n) is 8.93. The van der Waals surface area contributed by atoms with Gasteiger partial charge in [-0.05, 0) is 45.7 Å². The predicted molar refractivity (Wildman–Crippen MR) is 101 cm³/mol. The van der Waals surface area contributed by atoms with Crippen LogP contribution >= 0.6 is 23.2 Å². The highest BCUT2D eigenvalue weighted by Gasteiger charge is 2.45. The van der Waals surface area contributed by atoms with Crippen molar-refractivity contribution in [3.63, 3.8) is 0 Å². The van der Waals surface area contributed by atoms with Gasteiger partial charge in [0.1, 0.15) is 5.60 Å². The second-order valence-electron chi connectivity index (χ2n) is 7.75. The minimum Gasteiger partial charge on any atom is -0.444 e. The zero-order valence-corrected chi connectivity index (χ0v) is 16.9. The third-order valence-electron chi connectivity index (χ3n) is 4.60. The van der Waals surface area contributed by atoms with Crippen LogP contribution in [0.3, 0.4) is 0 Å². The number of amides is 1. The molecule has 2 heterocycles. The first-order valence-corrected chi connectivity index (χ1v) is 9.69. The van der Waals surface area contributed by atoms with Gasteiger partial charge in [0.25, 0.3) is 0 Å². The first kappa shape index (κ1) is 19.7. The van der Waals surface area contributed by atoms with Crippen LogP contribution in [0.4, 0.5) is 4.79 Å². The number of hydrogen-bond acceptors (Lipinski definition) is 4. The maximum atomic E-state index is 12.6. The Morgan fingerprint density at radius 1 is 1.31 bits per heavy atom. The van der Waals surface area contributed by atoms with Gasteiger partial charge in [-0.1, -0.05) is 29.3 Å². The highest BCUT2D eigenvalue weighted by molar-refractivity contribution is 6.35. The number of halogens is 2. The summed E-state index contributed by atoms with van der Waals surface area (Å²) in [7, 11) is 0. The van der Waals surface area contributed by atoms with Crippen LogP contribution in [-0.4, -0.2) is 42.4 Å². The van der Waals surface area contributed by atoms with Gasteiger partial charge in [0.05, 0.1) is 18.2 Å². The normalized spacial score (nSPS) is 22.7. The lowest BCUT2D eigenvalue weighted by Crippen LogP contribution is -2.43. The highest BCUT2D eigenvalue weighted by atomic mass is 35.5. The van der Waals surface area contributed by atoms with Gasteiger partial charge in [0.15, 0.2) is 5.79 Å². The fourth-order valence-corrected chi connectivity index (χ4v) is 4.11. The summed E-state index contributed by atoms with van der Waals surface area (Å²) in [4.78, 5) is 14.4. The molecule has 0 bridgehead atoms. The number of rotatable bonds is 3. The summed E-state index contributed by atoms with van der Waals surface area (Å²) in [5, 5.41) is 1.06. The Hall–Kier alpha value is -1.01. The largest absolute Gasteiger partial charge is 0.444 e. The lowest BCUT2D eigenvalue weighted by molar-refractivity contribution is -0.178. The molecular weight excluding hydrogens is 377 g/mol. The lowest BCUT2D eigenvalue weighted by Gasteiger charge is -2.35. The summed E-state index contributed by atoms with van der Waals surface area (Å²) in [6.45, 7) is 7.25. The summed E-state index contributed by atoms with van der Waals surface area (Å²) < 4.78 is 17.6. The van der Waals surface area contributed by atoms with E-state index in [1.165, 1.54) is 0 Å². The molecule has 2 aliphatic heterocycles. The lowest BCUT2D eigenvalue weighted by atomic mass is 9.96. The Morgan fingerprint density at radius 2 is 2.00 bits per heavy atom. The van der Waals surface area contributed by atoms with E-state index in [9.17, 15) is 4.79 Å². The molecule has 7 heteroatoms. The number of nitrogens with zero attached hydrogens (tertiary/aromatic N) is 1. The quantitative estimate of drug-likeness (QED) is 0.715. The molecule has 0 saturated carbocycles. The van der Waals surface area contributed by atoms with Crippen molar-refractivity contribution >= 4 is 29.3 Å². The third kappa shape index (κ3) is 4.28. The Bertz CT molecular complexity index is 668. The van der Waals surface area contributed by atoms with Gasteiger partial charge in [-0.2, -0.15) is 0 Å². The standard InChI is InChI=1S/C19H25Cl2NO4/c1-18(2,3)26-17(23)22-8-4-5-14(22)12-19(24-9-10-25-19)15-7-6-13(20)11-16(15)21/h6-7,11,14H,4-5,8-10,12H2,1-3H3. The van der Waals surface area contributed by atoms with Gasteiger partial charge in [-0.15, -0.1) is 0 Å². The average molecular weight is 402 g/mol. The number of likely N-dealkylation sites (tertiary alicyclic amines) is 1. The fraction of sp³-hybridized carbons (Fsp3) is 0.632. The SMILES string of the molecule is CC(C)(C)OC(=O)N1CCCC1CC1(c2ccc(Cl)cc2Cl)OCCO1. The van der Waals surface area contributed by atoms with E-state index in [0.29, 0.717) is 36.2 Å². The van der Waals surface area contributed by atoms with Crippen LogP contribution in [-0.2, 0) is 20.0 Å². The van der Waals surface area contributed by atoms with Gasteiger partial charge in [-0.25, -0.2) is 4.79 Å². The zero-order chi connectivity index (χ0) is 18.9. The highest BCUT2D eigenvalue weighted by Crippen LogP contribution is 2.42. The number of carbonyl (C=O) groups is 1. The van der Waals surface area contributed by atoms with E-state index in [2.05, 4.69) is 0 Å². The van der Waals surface area contributed by atoms with Crippen molar-refractivity contribution in [2.45, 2.75) is 57.5 Å². The summed E-state index contributed by atoms with van der Waals surface area (Å²) in [5.74, 6) is -0.961. The summed E-state index contributed by atoms with van der Waals surface area (Å²) in [5.41, 5.74) is 0.221. The number of benzene rings is 1. The minimum absolute atomic E-state index is 0.0327. The second-order valence-corrected chi connectivity index (χ2v) is 8.59. The molecule has 26 heavy (non-hydrogen) atoms. The third-order valence-corrected chi connectivity index (χ3v) is 5.15. The number of hydrogen-bond donors (Lipinski definition) is 0. The van der Waals surface area contributed by atoms with Gasteiger partial charge in [0, 0.05) is 29.6 Å². The average Bonchev–Trinajstić information content (AvgIpc) is 3.16. The maximum absolute atomic E-state index is 12.6. The van der Waals surface area contributed by atoms with Crippen LogP contribution in [0.15, 0.2) is 18.2 Å². The molecule has 5 nitrogen and oxygen atoms in total. The Morgan fingerprint density at radius 3 is 2.62 bits per heavy atom. The molecule has 0 radical (unpaired) electrons. The monoisotopic (exact) mass is 401 g/mol. The van der Waals surface area contributed by atoms with Crippen LogP contribution in [0.25, 0.3) is 0 Å². The summed E-state index contributed by atoms with van der Waals surface area (Å²) in [6.07, 6.45) is 2.01. The number of carbonyl (C=O) groups excluding carboxylic acids is 1. The molecule has 1 unspecified atom stereocenters. The molecule has 1 aromatic rings. The van der Waals surface area contributed by atoms with Crippen LogP contribution in [0.1, 0.15) is 45.6 Å². The molecule has 1 atom stereocenters. The zero-order valence-electron chi connectivity index (χ0n) is 15.4. The number of ether oxygens (including phenoxy) is 3. The van der Waals surface area contributed by atoms with Crippen molar-refractivity contribution in [2.75, 3.05) is 19.8 Å². The van der Waals surface area contributed by atoms with E-state index in [0.717, 1.165) is 18.4 Å². The van der Waals surface area contributed by atoms with E-state index in [1.54, 1.807) is 17.0 Å². The van der Waals surface area contributed by atoms with Gasteiger partial charge in [0.2, 0.25) is 0 Å². The van der Waals surface area contributed by atoms with Crippen molar-refractivity contribution in [1.82, 2.24) is 4.90 Å². The van der Waals surface area contributed by atoms with Gasteiger partial charge in [-0.3, -0.25) is 0 Å². The molecule has 2 aliphatic rings. The molecule has 0 aromatic heterocycles. The van der Waals surface area contributed by atoms with Crippen molar-refractivity contribution in [2.24, 2.45) is 0 Å². The Kier molecular flexibility index (Phi) is 5.73. The van der Waals surface area contributed by atoms with Crippen LogP contribution in [0, 0.1) is 0 Å². The van der Waals surface area contributed by atoms with E-state index in [4.69, 9.17) is 37.4 Å². The molecule has 2 fully saturated rings. The summed E-state index contributed by atoms with van der Waals surface area (Å²) in [6, 6.07) is 5.26. The van der Waals surface area contributed by atoms with Crippen LogP contribution < -0.4 is 0 Å². The maximum Gasteiger partial charge on any atom is 0.410 e. The molecular formula is C19H25Cl2NO4. The fourth-order valence-electron chi connectivity index (χ4n) is 3.56. The van der Waals surface area contributed by atoms with Crippen molar-refractivity contribution in [3.8, 4) is 0 Å². The van der Waals surface area contributed by atoms with Crippen molar-refractivity contribution < 1.29 is 19.0 Å². The predicted octanol–water partition coefficient (Wildman–Crippen LogP) is 4.98. The van der Waals surface area contributed by atoms with E-state index < -0.39 is 11.4 Å². The smallest absolute Gasteiger partial charge is 0.410 e. The van der Waals surface area contributed by atoms with Crippen molar-refractivity contribution in [1.29, 1.82) is 0 Å². The topological polar surface area (TPSA) is 48.0 Å². The van der Waals surface area contributed by atoms with E-state index in [-0.39, 0.29) is 12.1 Å². The molecule has 1 aromatic carbocycles. The van der Waals surface area contributed by atoms with Crippen LogP contribution in [0.5, 0.6) is 0 Å². The molecule has 0 spiro atoms. The Labute approximate surface area is 164 Å². The van der Waals surface area contributed by atoms with E-state index in [1.807, 2.05) is 26.8 Å².